The van der Waals surface area contributed by atoms with Crippen LogP contribution in [-0.4, -0.2) is 26.0 Å². The van der Waals surface area contributed by atoms with Crippen LogP contribution < -0.4 is 0 Å². The molecule has 2 aromatic rings. The molecule has 0 radical (unpaired) electrons. The summed E-state index contributed by atoms with van der Waals surface area (Å²) in [6, 6.07) is 3.14. The summed E-state index contributed by atoms with van der Waals surface area (Å²) in [4.78, 5) is 10.6. The Morgan fingerprint density at radius 3 is 2.94 bits per heavy atom. The number of carbonyl (C=O) groups is 1. The van der Waals surface area contributed by atoms with Crippen LogP contribution in [0.4, 0.5) is 0 Å². The molecule has 6 heteroatoms. The number of rotatable bonds is 4. The summed E-state index contributed by atoms with van der Waals surface area (Å²) in [7, 11) is 0. The van der Waals surface area contributed by atoms with Crippen LogP contribution in [0.1, 0.15) is 24.3 Å². The lowest BCUT2D eigenvalue weighted by Gasteiger charge is -2.03. The average Bonchev–Trinajstić information content (AvgIpc) is 2.83. The van der Waals surface area contributed by atoms with Crippen LogP contribution in [0.5, 0.6) is 0 Å². The van der Waals surface area contributed by atoms with Crippen molar-refractivity contribution in [2.24, 2.45) is 5.92 Å². The fraction of sp³-hybridized carbons (Fsp3) is 0.364. The Kier molecular flexibility index (Phi) is 2.95. The van der Waals surface area contributed by atoms with Crippen LogP contribution in [0.15, 0.2) is 22.9 Å². The fourth-order valence-corrected chi connectivity index (χ4v) is 1.47. The molecule has 0 fully saturated rings. The zero-order valence-corrected chi connectivity index (χ0v) is 9.62. The largest absolute Gasteiger partial charge is 0.476 e. The van der Waals surface area contributed by atoms with Crippen molar-refractivity contribution < 1.29 is 14.4 Å². The molecule has 0 atom stereocenters. The normalized spacial score (nSPS) is 11.0. The van der Waals surface area contributed by atoms with E-state index in [1.54, 1.807) is 10.7 Å². The molecule has 1 N–H and O–H groups in total. The minimum Gasteiger partial charge on any atom is -0.476 e. The monoisotopic (exact) mass is 235 g/mol. The summed E-state index contributed by atoms with van der Waals surface area (Å²) < 4.78 is 6.72. The van der Waals surface area contributed by atoms with Gasteiger partial charge < -0.3 is 9.63 Å². The molecule has 17 heavy (non-hydrogen) atoms. The maximum Gasteiger partial charge on any atom is 0.358 e. The van der Waals surface area contributed by atoms with Crippen LogP contribution in [0, 0.1) is 5.92 Å². The van der Waals surface area contributed by atoms with Gasteiger partial charge in [-0.1, -0.05) is 19.0 Å². The van der Waals surface area contributed by atoms with E-state index in [2.05, 4.69) is 24.1 Å². The number of hydrogen-bond donors (Lipinski definition) is 1. The Balaban J connectivity index is 2.21. The van der Waals surface area contributed by atoms with Gasteiger partial charge in [0.1, 0.15) is 5.69 Å². The first-order valence-corrected chi connectivity index (χ1v) is 5.30. The summed E-state index contributed by atoms with van der Waals surface area (Å²) in [5.74, 6) is -0.251. The lowest BCUT2D eigenvalue weighted by Crippen LogP contribution is -2.04. The first kappa shape index (κ1) is 11.4. The molecular formula is C11H13N3O3. The second-order valence-corrected chi connectivity index (χ2v) is 4.20. The van der Waals surface area contributed by atoms with Gasteiger partial charge in [-0.2, -0.15) is 5.10 Å². The van der Waals surface area contributed by atoms with Gasteiger partial charge in [0, 0.05) is 18.8 Å². The third-order valence-corrected chi connectivity index (χ3v) is 2.17. The first-order valence-electron chi connectivity index (χ1n) is 5.30. The molecule has 0 aliphatic heterocycles. The van der Waals surface area contributed by atoms with Gasteiger partial charge >= 0.3 is 5.97 Å². The molecule has 0 saturated heterocycles. The number of hydrogen-bond acceptors (Lipinski definition) is 4. The molecule has 2 aromatic heterocycles. The second kappa shape index (κ2) is 4.40. The molecule has 0 amide bonds. The predicted octanol–water partition coefficient (Wildman–Crippen LogP) is 1.89. The summed E-state index contributed by atoms with van der Waals surface area (Å²) in [6.45, 7) is 5.00. The van der Waals surface area contributed by atoms with E-state index in [1.165, 1.54) is 6.07 Å². The summed E-state index contributed by atoms with van der Waals surface area (Å²) in [5.41, 5.74) is 0.476. The van der Waals surface area contributed by atoms with Gasteiger partial charge in [0.05, 0.1) is 0 Å². The van der Waals surface area contributed by atoms with Gasteiger partial charge in [0.25, 0.3) is 0 Å². The number of carboxylic acids is 1. The lowest BCUT2D eigenvalue weighted by atomic mass is 10.2. The van der Waals surface area contributed by atoms with Crippen molar-refractivity contribution >= 4 is 5.97 Å². The van der Waals surface area contributed by atoms with Crippen molar-refractivity contribution in [2.75, 3.05) is 0 Å². The second-order valence-electron chi connectivity index (χ2n) is 4.20. The molecule has 90 valence electrons. The van der Waals surface area contributed by atoms with Crippen molar-refractivity contribution in [2.45, 2.75) is 20.4 Å². The Hall–Kier alpha value is -2.11. The standard InChI is InChI=1S/C11H13N3O3/c1-7(2)6-14-4-3-8(12-14)10-5-9(11(15)16)13-17-10/h3-5,7H,6H2,1-2H3,(H,15,16). The molecule has 0 aromatic carbocycles. The number of aromatic carboxylic acids is 1. The predicted molar refractivity (Wildman–Crippen MR) is 59.5 cm³/mol. The van der Waals surface area contributed by atoms with E-state index in [-0.39, 0.29) is 5.69 Å². The molecule has 0 spiro atoms. The van der Waals surface area contributed by atoms with E-state index in [9.17, 15) is 4.79 Å². The van der Waals surface area contributed by atoms with Crippen LogP contribution in [0.3, 0.4) is 0 Å². The van der Waals surface area contributed by atoms with Gasteiger partial charge in [-0.25, -0.2) is 4.79 Å². The molecule has 0 aliphatic carbocycles. The van der Waals surface area contributed by atoms with Crippen LogP contribution in [0.2, 0.25) is 0 Å². The highest BCUT2D eigenvalue weighted by atomic mass is 16.5. The van der Waals surface area contributed by atoms with E-state index in [1.807, 2.05) is 6.20 Å². The average molecular weight is 235 g/mol. The SMILES string of the molecule is CC(C)Cn1ccc(-c2cc(C(=O)O)no2)n1. The minimum atomic E-state index is -1.11. The molecule has 6 nitrogen and oxygen atoms in total. The topological polar surface area (TPSA) is 81.2 Å². The fourth-order valence-electron chi connectivity index (χ4n) is 1.47. The third-order valence-electron chi connectivity index (χ3n) is 2.17. The smallest absolute Gasteiger partial charge is 0.358 e. The van der Waals surface area contributed by atoms with Crippen molar-refractivity contribution in [3.8, 4) is 11.5 Å². The van der Waals surface area contributed by atoms with Gasteiger partial charge in [0.2, 0.25) is 0 Å². The molecule has 0 unspecified atom stereocenters. The van der Waals surface area contributed by atoms with Crippen molar-refractivity contribution in [1.82, 2.24) is 14.9 Å². The number of aromatic nitrogens is 3. The van der Waals surface area contributed by atoms with Gasteiger partial charge in [-0.15, -0.1) is 0 Å². The summed E-state index contributed by atoms with van der Waals surface area (Å²) in [5, 5.41) is 16.4. The van der Waals surface area contributed by atoms with Crippen LogP contribution >= 0.6 is 0 Å². The zero-order chi connectivity index (χ0) is 12.4. The van der Waals surface area contributed by atoms with Crippen molar-refractivity contribution in [3.63, 3.8) is 0 Å². The van der Waals surface area contributed by atoms with Gasteiger partial charge in [0.15, 0.2) is 11.5 Å². The number of carboxylic acid groups (broad SMARTS) is 1. The maximum atomic E-state index is 10.6. The summed E-state index contributed by atoms with van der Waals surface area (Å²) in [6.07, 6.45) is 1.83. The quantitative estimate of drug-likeness (QED) is 0.875. The van der Waals surface area contributed by atoms with E-state index in [0.29, 0.717) is 17.4 Å². The van der Waals surface area contributed by atoms with E-state index >= 15 is 0 Å². The lowest BCUT2D eigenvalue weighted by molar-refractivity contribution is 0.0686. The Morgan fingerprint density at radius 1 is 1.59 bits per heavy atom. The molecular weight excluding hydrogens is 222 g/mol. The molecule has 0 saturated carbocycles. The Labute approximate surface area is 97.8 Å². The molecule has 2 rings (SSSR count). The minimum absolute atomic E-state index is 0.113. The van der Waals surface area contributed by atoms with Gasteiger partial charge in [-0.05, 0) is 12.0 Å². The maximum absolute atomic E-state index is 10.6. The van der Waals surface area contributed by atoms with E-state index in [0.717, 1.165) is 6.54 Å². The van der Waals surface area contributed by atoms with E-state index < -0.39 is 5.97 Å². The Bertz CT molecular complexity index is 528. The Morgan fingerprint density at radius 2 is 2.35 bits per heavy atom. The highest BCUT2D eigenvalue weighted by molar-refractivity contribution is 5.86. The first-order chi connectivity index (χ1) is 8.06. The van der Waals surface area contributed by atoms with E-state index in [4.69, 9.17) is 9.63 Å². The van der Waals surface area contributed by atoms with Gasteiger partial charge in [-0.3, -0.25) is 4.68 Å². The third kappa shape index (κ3) is 2.52. The molecule has 0 bridgehead atoms. The van der Waals surface area contributed by atoms with Crippen molar-refractivity contribution in [3.05, 3.63) is 24.0 Å². The van der Waals surface area contributed by atoms with Crippen molar-refractivity contribution in [1.29, 1.82) is 0 Å². The highest BCUT2D eigenvalue weighted by Crippen LogP contribution is 2.18. The summed E-state index contributed by atoms with van der Waals surface area (Å²) >= 11 is 0. The zero-order valence-electron chi connectivity index (χ0n) is 9.62. The highest BCUT2D eigenvalue weighted by Gasteiger charge is 2.14. The van der Waals surface area contributed by atoms with Crippen LogP contribution in [0.25, 0.3) is 11.5 Å². The molecule has 0 aliphatic rings. The molecule has 2 heterocycles. The number of nitrogens with zero attached hydrogens (tertiary/aromatic N) is 3. The van der Waals surface area contributed by atoms with Crippen LogP contribution in [-0.2, 0) is 6.54 Å².